The number of anilines is 1. The number of aromatic nitrogens is 4. The van der Waals surface area contributed by atoms with Crippen molar-refractivity contribution in [2.45, 2.75) is 6.54 Å². The first-order valence-electron chi connectivity index (χ1n) is 11.4. The molecule has 176 valence electrons. The SMILES string of the molecule is Fc1cccc(F)c1CN1CCN(c2nc3ccccc3c3nnc(-c4ccc(Cl)cc4)n23)CC1. The van der Waals surface area contributed by atoms with E-state index in [-0.39, 0.29) is 12.1 Å². The van der Waals surface area contributed by atoms with Gasteiger partial charge in [0.15, 0.2) is 11.5 Å². The van der Waals surface area contributed by atoms with E-state index in [1.54, 1.807) is 0 Å². The summed E-state index contributed by atoms with van der Waals surface area (Å²) in [7, 11) is 0. The van der Waals surface area contributed by atoms with Gasteiger partial charge in [-0.3, -0.25) is 4.90 Å². The molecule has 1 fully saturated rings. The van der Waals surface area contributed by atoms with Crippen LogP contribution in [0, 0.1) is 11.6 Å². The molecule has 0 saturated carbocycles. The van der Waals surface area contributed by atoms with E-state index in [9.17, 15) is 8.78 Å². The van der Waals surface area contributed by atoms with Crippen molar-refractivity contribution in [1.29, 1.82) is 0 Å². The van der Waals surface area contributed by atoms with Gasteiger partial charge in [0, 0.05) is 54.3 Å². The second-order valence-electron chi connectivity index (χ2n) is 8.58. The molecule has 6 nitrogen and oxygen atoms in total. The molecule has 0 unspecified atom stereocenters. The van der Waals surface area contributed by atoms with Crippen LogP contribution < -0.4 is 4.90 Å². The Labute approximate surface area is 205 Å². The minimum Gasteiger partial charge on any atom is -0.339 e. The lowest BCUT2D eigenvalue weighted by Gasteiger charge is -2.35. The molecule has 1 aliphatic rings. The van der Waals surface area contributed by atoms with Crippen molar-refractivity contribution in [3.63, 3.8) is 0 Å². The number of halogens is 3. The number of hydrogen-bond donors (Lipinski definition) is 0. The van der Waals surface area contributed by atoms with E-state index < -0.39 is 11.6 Å². The molecule has 6 rings (SSSR count). The van der Waals surface area contributed by atoms with Crippen LogP contribution >= 0.6 is 11.6 Å². The zero-order chi connectivity index (χ0) is 23.9. The average Bonchev–Trinajstić information content (AvgIpc) is 3.32. The van der Waals surface area contributed by atoms with E-state index in [1.165, 1.54) is 18.2 Å². The number of piperazine rings is 1. The monoisotopic (exact) mass is 490 g/mol. The van der Waals surface area contributed by atoms with Crippen LogP contribution in [0.25, 0.3) is 27.9 Å². The average molecular weight is 491 g/mol. The van der Waals surface area contributed by atoms with Crippen molar-refractivity contribution >= 4 is 34.1 Å². The fraction of sp³-hybridized carbons (Fsp3) is 0.192. The van der Waals surface area contributed by atoms with Crippen molar-refractivity contribution < 1.29 is 8.78 Å². The number of nitrogens with zero attached hydrogens (tertiary/aromatic N) is 6. The number of fused-ring (bicyclic) bond motifs is 3. The molecule has 2 aromatic heterocycles. The summed E-state index contributed by atoms with van der Waals surface area (Å²) in [6.45, 7) is 2.81. The number of para-hydroxylation sites is 1. The standard InChI is InChI=1S/C26H21ClF2N6/c27-18-10-8-17(9-11-18)24-31-32-25-19-4-1-2-7-23(19)30-26(35(24)25)34-14-12-33(13-15-34)16-20-21(28)5-3-6-22(20)29/h1-11H,12-16H2. The molecule has 5 aromatic rings. The maximum absolute atomic E-state index is 14.2. The minimum absolute atomic E-state index is 0.107. The van der Waals surface area contributed by atoms with E-state index in [0.717, 1.165) is 28.1 Å². The van der Waals surface area contributed by atoms with Crippen molar-refractivity contribution in [3.05, 3.63) is 89.0 Å². The lowest BCUT2D eigenvalue weighted by Crippen LogP contribution is -2.47. The van der Waals surface area contributed by atoms with Gasteiger partial charge in [0.2, 0.25) is 5.95 Å². The van der Waals surface area contributed by atoms with Crippen LogP contribution in [0.15, 0.2) is 66.7 Å². The third-order valence-electron chi connectivity index (χ3n) is 6.43. The molecule has 1 saturated heterocycles. The van der Waals surface area contributed by atoms with Gasteiger partial charge in [-0.15, -0.1) is 10.2 Å². The Morgan fingerprint density at radius 3 is 2.26 bits per heavy atom. The summed E-state index contributed by atoms with van der Waals surface area (Å²) >= 11 is 6.10. The second kappa shape index (κ2) is 8.87. The Balaban J connectivity index is 1.36. The van der Waals surface area contributed by atoms with E-state index in [1.807, 2.05) is 52.9 Å². The van der Waals surface area contributed by atoms with Crippen LogP contribution in [0.5, 0.6) is 0 Å². The van der Waals surface area contributed by atoms with Crippen LogP contribution in [-0.4, -0.2) is 50.7 Å². The summed E-state index contributed by atoms with van der Waals surface area (Å²) in [5.41, 5.74) is 2.55. The number of benzene rings is 3. The zero-order valence-corrected chi connectivity index (χ0v) is 19.5. The van der Waals surface area contributed by atoms with E-state index in [4.69, 9.17) is 16.6 Å². The summed E-state index contributed by atoms with van der Waals surface area (Å²) in [6.07, 6.45) is 0. The highest BCUT2D eigenvalue weighted by molar-refractivity contribution is 6.30. The first kappa shape index (κ1) is 21.9. The summed E-state index contributed by atoms with van der Waals surface area (Å²) < 4.78 is 30.3. The Morgan fingerprint density at radius 1 is 0.800 bits per heavy atom. The van der Waals surface area contributed by atoms with Gasteiger partial charge < -0.3 is 4.90 Å². The molecule has 1 aliphatic heterocycles. The van der Waals surface area contributed by atoms with Gasteiger partial charge in [0.1, 0.15) is 11.6 Å². The third kappa shape index (κ3) is 3.98. The quantitative estimate of drug-likeness (QED) is 0.346. The Morgan fingerprint density at radius 2 is 1.51 bits per heavy atom. The molecule has 0 spiro atoms. The molecule has 9 heteroatoms. The fourth-order valence-corrected chi connectivity index (χ4v) is 4.70. The van der Waals surface area contributed by atoms with Crippen LogP contribution in [0.1, 0.15) is 5.56 Å². The first-order chi connectivity index (χ1) is 17.1. The van der Waals surface area contributed by atoms with Crippen molar-refractivity contribution in [1.82, 2.24) is 24.5 Å². The molecule has 0 aliphatic carbocycles. The number of hydrogen-bond acceptors (Lipinski definition) is 5. The van der Waals surface area contributed by atoms with Crippen molar-refractivity contribution in [2.24, 2.45) is 0 Å². The largest absolute Gasteiger partial charge is 0.339 e. The van der Waals surface area contributed by atoms with Crippen molar-refractivity contribution in [2.75, 3.05) is 31.1 Å². The third-order valence-corrected chi connectivity index (χ3v) is 6.68. The maximum Gasteiger partial charge on any atom is 0.213 e. The zero-order valence-electron chi connectivity index (χ0n) is 18.7. The highest BCUT2D eigenvalue weighted by Gasteiger charge is 2.25. The predicted octanol–water partition coefficient (Wildman–Crippen LogP) is 5.20. The highest BCUT2D eigenvalue weighted by Crippen LogP contribution is 2.29. The molecular formula is C26H21ClF2N6. The molecule has 0 atom stereocenters. The lowest BCUT2D eigenvalue weighted by molar-refractivity contribution is 0.241. The van der Waals surface area contributed by atoms with Gasteiger partial charge in [-0.1, -0.05) is 29.8 Å². The molecule has 35 heavy (non-hydrogen) atoms. The van der Waals surface area contributed by atoms with Crippen LogP contribution in [0.4, 0.5) is 14.7 Å². The summed E-state index contributed by atoms with van der Waals surface area (Å²) in [5, 5.41) is 10.6. The summed E-state index contributed by atoms with van der Waals surface area (Å²) in [6, 6.07) is 19.3. The molecule has 0 amide bonds. The van der Waals surface area contributed by atoms with Crippen molar-refractivity contribution in [3.8, 4) is 11.4 Å². The Kier molecular flexibility index (Phi) is 5.54. The van der Waals surface area contributed by atoms with Gasteiger partial charge in [0.05, 0.1) is 5.52 Å². The molecule has 0 N–H and O–H groups in total. The smallest absolute Gasteiger partial charge is 0.213 e. The molecular weight excluding hydrogens is 470 g/mol. The van der Waals surface area contributed by atoms with Gasteiger partial charge >= 0.3 is 0 Å². The fourth-order valence-electron chi connectivity index (χ4n) is 4.58. The number of rotatable bonds is 4. The Hall–Kier alpha value is -3.62. The lowest BCUT2D eigenvalue weighted by atomic mass is 10.1. The Bertz CT molecular complexity index is 1510. The molecule has 0 bridgehead atoms. The normalized spacial score (nSPS) is 14.8. The van der Waals surface area contributed by atoms with Crippen LogP contribution in [0.3, 0.4) is 0 Å². The minimum atomic E-state index is -0.512. The second-order valence-corrected chi connectivity index (χ2v) is 9.02. The van der Waals surface area contributed by atoms with Gasteiger partial charge in [-0.2, -0.15) is 0 Å². The topological polar surface area (TPSA) is 49.6 Å². The van der Waals surface area contributed by atoms with Gasteiger partial charge in [-0.05, 0) is 48.5 Å². The molecule has 3 aromatic carbocycles. The first-order valence-corrected chi connectivity index (χ1v) is 11.8. The van der Waals surface area contributed by atoms with Gasteiger partial charge in [-0.25, -0.2) is 18.2 Å². The summed E-state index contributed by atoms with van der Waals surface area (Å²) in [5.74, 6) is 0.399. The molecule has 0 radical (unpaired) electrons. The van der Waals surface area contributed by atoms with E-state index >= 15 is 0 Å². The highest BCUT2D eigenvalue weighted by atomic mass is 35.5. The van der Waals surface area contributed by atoms with E-state index in [2.05, 4.69) is 20.0 Å². The van der Waals surface area contributed by atoms with Gasteiger partial charge in [0.25, 0.3) is 0 Å². The molecule has 3 heterocycles. The van der Waals surface area contributed by atoms with E-state index in [0.29, 0.717) is 37.0 Å². The van der Waals surface area contributed by atoms with Crippen LogP contribution in [0.2, 0.25) is 5.02 Å². The summed E-state index contributed by atoms with van der Waals surface area (Å²) in [4.78, 5) is 9.22. The predicted molar refractivity (Wildman–Crippen MR) is 133 cm³/mol. The van der Waals surface area contributed by atoms with Crippen LogP contribution in [-0.2, 0) is 6.54 Å². The maximum atomic E-state index is 14.2.